The lowest BCUT2D eigenvalue weighted by molar-refractivity contribution is -0.139. The van der Waals surface area contributed by atoms with E-state index in [0.29, 0.717) is 12.8 Å². The van der Waals surface area contributed by atoms with E-state index < -0.39 is 27.9 Å². The minimum atomic E-state index is -3.04. The molecule has 0 aliphatic carbocycles. The van der Waals surface area contributed by atoms with Crippen molar-refractivity contribution in [3.63, 3.8) is 0 Å². The van der Waals surface area contributed by atoms with Crippen molar-refractivity contribution >= 4 is 21.8 Å². The summed E-state index contributed by atoms with van der Waals surface area (Å²) >= 11 is 0. The third kappa shape index (κ3) is 10.3. The summed E-state index contributed by atoms with van der Waals surface area (Å²) in [5, 5.41) is 13.7. The fraction of sp³-hybridized carbons (Fsp3) is 0.818. The van der Waals surface area contributed by atoms with Crippen LogP contribution >= 0.6 is 0 Å². The Hall–Kier alpha value is -1.31. The van der Waals surface area contributed by atoms with E-state index in [9.17, 15) is 18.0 Å². The molecule has 0 fully saturated rings. The summed E-state index contributed by atoms with van der Waals surface area (Å²) < 4.78 is 21.7. The molecule has 19 heavy (non-hydrogen) atoms. The van der Waals surface area contributed by atoms with Gasteiger partial charge >= 0.3 is 12.0 Å². The van der Waals surface area contributed by atoms with Crippen molar-refractivity contribution in [3.8, 4) is 0 Å². The van der Waals surface area contributed by atoms with Gasteiger partial charge in [-0.15, -0.1) is 0 Å². The summed E-state index contributed by atoms with van der Waals surface area (Å²) in [6, 6.07) is -1.53. The zero-order chi connectivity index (χ0) is 15.1. The number of nitrogens with one attached hydrogen (secondary N) is 2. The maximum Gasteiger partial charge on any atom is 0.326 e. The number of rotatable bonds is 8. The molecule has 0 aliphatic rings. The van der Waals surface area contributed by atoms with Crippen LogP contribution in [0.5, 0.6) is 0 Å². The van der Waals surface area contributed by atoms with Crippen LogP contribution in [0.2, 0.25) is 0 Å². The monoisotopic (exact) mass is 294 g/mol. The normalized spacial score (nSPS) is 13.1. The Bertz CT molecular complexity index is 405. The third-order valence-electron chi connectivity index (χ3n) is 2.29. The summed E-state index contributed by atoms with van der Waals surface area (Å²) in [5.74, 6) is -0.951. The fourth-order valence-electron chi connectivity index (χ4n) is 1.44. The largest absolute Gasteiger partial charge is 0.480 e. The summed E-state index contributed by atoms with van der Waals surface area (Å²) in [4.78, 5) is 22.3. The van der Waals surface area contributed by atoms with E-state index in [1.54, 1.807) is 0 Å². The van der Waals surface area contributed by atoms with Gasteiger partial charge in [0.1, 0.15) is 15.9 Å². The predicted octanol–water partition coefficient (Wildman–Crippen LogP) is 0.220. The molecular formula is C11H22N2O5S. The lowest BCUT2D eigenvalue weighted by Gasteiger charge is -2.16. The van der Waals surface area contributed by atoms with E-state index in [0.717, 1.165) is 6.26 Å². The Morgan fingerprint density at radius 2 is 1.84 bits per heavy atom. The van der Waals surface area contributed by atoms with E-state index in [1.807, 2.05) is 13.8 Å². The van der Waals surface area contributed by atoms with Crippen LogP contribution < -0.4 is 10.6 Å². The standard InChI is InChI=1S/C11H22N2O5S/c1-8(2)7-9(10(14)15)13-11(16)12-5-4-6-19(3,17)18/h8-9H,4-7H2,1-3H3,(H,14,15)(H2,12,13,16)/t9-/m0/s1. The Morgan fingerprint density at radius 3 is 2.26 bits per heavy atom. The molecule has 0 aliphatic heterocycles. The van der Waals surface area contributed by atoms with E-state index in [2.05, 4.69) is 10.6 Å². The summed E-state index contributed by atoms with van der Waals surface area (Å²) in [7, 11) is -3.04. The summed E-state index contributed by atoms with van der Waals surface area (Å²) in [5.41, 5.74) is 0. The van der Waals surface area contributed by atoms with Crippen molar-refractivity contribution in [1.82, 2.24) is 10.6 Å². The van der Waals surface area contributed by atoms with Crippen molar-refractivity contribution in [2.45, 2.75) is 32.7 Å². The number of hydrogen-bond donors (Lipinski definition) is 3. The first-order chi connectivity index (χ1) is 8.61. The molecule has 7 nitrogen and oxygen atoms in total. The molecule has 112 valence electrons. The molecule has 0 unspecified atom stereocenters. The van der Waals surface area contributed by atoms with Gasteiger partial charge in [0.05, 0.1) is 5.75 Å². The van der Waals surface area contributed by atoms with Gasteiger partial charge in [-0.3, -0.25) is 0 Å². The number of amides is 2. The average Bonchev–Trinajstić information content (AvgIpc) is 2.21. The molecule has 0 saturated heterocycles. The molecule has 0 rings (SSSR count). The van der Waals surface area contributed by atoms with Crippen LogP contribution in [0, 0.1) is 5.92 Å². The van der Waals surface area contributed by atoms with Gasteiger partial charge in [0, 0.05) is 12.8 Å². The average molecular weight is 294 g/mol. The number of aliphatic carboxylic acids is 1. The first-order valence-electron chi connectivity index (χ1n) is 6.06. The molecule has 0 bridgehead atoms. The lowest BCUT2D eigenvalue weighted by Crippen LogP contribution is -2.46. The van der Waals surface area contributed by atoms with Gasteiger partial charge < -0.3 is 15.7 Å². The van der Waals surface area contributed by atoms with Crippen LogP contribution in [0.1, 0.15) is 26.7 Å². The SMILES string of the molecule is CC(C)C[C@H](NC(=O)NCCCS(C)(=O)=O)C(=O)O. The van der Waals surface area contributed by atoms with Gasteiger partial charge in [0.25, 0.3) is 0 Å². The molecule has 0 heterocycles. The van der Waals surface area contributed by atoms with Gasteiger partial charge in [-0.25, -0.2) is 18.0 Å². The Labute approximate surface area is 113 Å². The van der Waals surface area contributed by atoms with Crippen molar-refractivity contribution in [3.05, 3.63) is 0 Å². The fourth-order valence-corrected chi connectivity index (χ4v) is 2.11. The first kappa shape index (κ1) is 17.7. The minimum absolute atomic E-state index is 0.0123. The number of carbonyl (C=O) groups is 2. The second kappa shape index (κ2) is 7.98. The highest BCUT2D eigenvalue weighted by atomic mass is 32.2. The van der Waals surface area contributed by atoms with Gasteiger partial charge in [-0.1, -0.05) is 13.8 Å². The van der Waals surface area contributed by atoms with Gasteiger partial charge in [0.2, 0.25) is 0 Å². The third-order valence-corrected chi connectivity index (χ3v) is 3.32. The van der Waals surface area contributed by atoms with Gasteiger partial charge in [-0.2, -0.15) is 0 Å². The maximum atomic E-state index is 11.4. The highest BCUT2D eigenvalue weighted by Gasteiger charge is 2.20. The number of hydrogen-bond acceptors (Lipinski definition) is 4. The molecule has 2 amide bonds. The Morgan fingerprint density at radius 1 is 1.26 bits per heavy atom. The van der Waals surface area contributed by atoms with E-state index in [4.69, 9.17) is 5.11 Å². The summed E-state index contributed by atoms with van der Waals surface area (Å²) in [6.45, 7) is 3.91. The zero-order valence-corrected chi connectivity index (χ0v) is 12.3. The van der Waals surface area contributed by atoms with Crippen LogP contribution in [0.3, 0.4) is 0 Å². The number of sulfone groups is 1. The van der Waals surface area contributed by atoms with Crippen molar-refractivity contribution < 1.29 is 23.1 Å². The molecule has 0 aromatic heterocycles. The van der Waals surface area contributed by atoms with Crippen LogP contribution in [0.15, 0.2) is 0 Å². The maximum absolute atomic E-state index is 11.4. The van der Waals surface area contributed by atoms with Crippen molar-refractivity contribution in [1.29, 1.82) is 0 Å². The predicted molar refractivity (Wildman–Crippen MR) is 71.7 cm³/mol. The minimum Gasteiger partial charge on any atom is -0.480 e. The van der Waals surface area contributed by atoms with Gasteiger partial charge in [-0.05, 0) is 18.8 Å². The van der Waals surface area contributed by atoms with Crippen LogP contribution in [-0.4, -0.2) is 50.1 Å². The van der Waals surface area contributed by atoms with E-state index in [-0.39, 0.29) is 18.2 Å². The molecule has 0 saturated carbocycles. The van der Waals surface area contributed by atoms with Crippen LogP contribution in [0.25, 0.3) is 0 Å². The Balaban J connectivity index is 4.04. The molecule has 1 atom stereocenters. The van der Waals surface area contributed by atoms with Gasteiger partial charge in [0.15, 0.2) is 0 Å². The Kier molecular flexibility index (Phi) is 7.43. The van der Waals surface area contributed by atoms with Crippen LogP contribution in [0.4, 0.5) is 4.79 Å². The van der Waals surface area contributed by atoms with Crippen molar-refractivity contribution in [2.75, 3.05) is 18.6 Å². The molecule has 0 aromatic rings. The van der Waals surface area contributed by atoms with E-state index >= 15 is 0 Å². The molecular weight excluding hydrogens is 272 g/mol. The number of carboxylic acid groups (broad SMARTS) is 1. The number of carbonyl (C=O) groups excluding carboxylic acids is 1. The lowest BCUT2D eigenvalue weighted by atomic mass is 10.0. The molecule has 8 heteroatoms. The molecule has 0 spiro atoms. The smallest absolute Gasteiger partial charge is 0.326 e. The quantitative estimate of drug-likeness (QED) is 0.554. The number of urea groups is 1. The first-order valence-corrected chi connectivity index (χ1v) is 8.12. The van der Waals surface area contributed by atoms with E-state index in [1.165, 1.54) is 0 Å². The second-order valence-corrected chi connectivity index (χ2v) is 7.16. The molecule has 0 radical (unpaired) electrons. The highest BCUT2D eigenvalue weighted by Crippen LogP contribution is 2.04. The van der Waals surface area contributed by atoms with Crippen molar-refractivity contribution in [2.24, 2.45) is 5.92 Å². The number of carboxylic acids is 1. The molecule has 3 N–H and O–H groups in total. The summed E-state index contributed by atoms with van der Waals surface area (Å²) in [6.07, 6.45) is 1.76. The van der Waals surface area contributed by atoms with Crippen LogP contribution in [-0.2, 0) is 14.6 Å². The second-order valence-electron chi connectivity index (χ2n) is 4.90. The topological polar surface area (TPSA) is 113 Å². The highest BCUT2D eigenvalue weighted by molar-refractivity contribution is 7.90. The molecule has 0 aromatic carbocycles. The zero-order valence-electron chi connectivity index (χ0n) is 11.5.